The van der Waals surface area contributed by atoms with Gasteiger partial charge in [0.2, 0.25) is 0 Å². The Morgan fingerprint density at radius 1 is 1.18 bits per heavy atom. The van der Waals surface area contributed by atoms with E-state index in [4.69, 9.17) is 14.2 Å². The number of carbonyl (C=O) groups excluding carboxylic acids is 1. The summed E-state index contributed by atoms with van der Waals surface area (Å²) in [6.45, 7) is 10.1. The van der Waals surface area contributed by atoms with Gasteiger partial charge in [-0.25, -0.2) is 4.79 Å². The maximum Gasteiger partial charge on any atom is 0.407 e. The Hall–Kier alpha value is -2.73. The lowest BCUT2D eigenvalue weighted by atomic mass is 9.85. The van der Waals surface area contributed by atoms with E-state index < -0.39 is 0 Å². The van der Waals surface area contributed by atoms with Gasteiger partial charge in [0.25, 0.3) is 0 Å². The van der Waals surface area contributed by atoms with Crippen LogP contribution in [0.5, 0.6) is 11.5 Å². The van der Waals surface area contributed by atoms with Gasteiger partial charge in [-0.3, -0.25) is 4.90 Å². The molecular formula is C28H36N2O4. The smallest absolute Gasteiger partial charge is 0.407 e. The predicted octanol–water partition coefficient (Wildman–Crippen LogP) is 5.20. The number of hydrogen-bond donors (Lipinski definition) is 1. The van der Waals surface area contributed by atoms with E-state index >= 15 is 0 Å². The van der Waals surface area contributed by atoms with Crippen LogP contribution in [0.4, 0.5) is 4.79 Å². The Labute approximate surface area is 202 Å². The SMILES string of the molecule is CCOc1cccc(-c2cc3c(cc2OC)C(NC(=O)O[C@H]2CN4CCC2CC4)C(C)(C)C3)c1. The molecule has 6 heteroatoms. The molecule has 3 saturated heterocycles. The van der Waals surface area contributed by atoms with Gasteiger partial charge in [-0.1, -0.05) is 26.0 Å². The maximum absolute atomic E-state index is 13.0. The molecule has 6 rings (SSSR count). The van der Waals surface area contributed by atoms with Crippen LogP contribution in [0.3, 0.4) is 0 Å². The van der Waals surface area contributed by atoms with Crippen LogP contribution in [-0.4, -0.2) is 50.4 Å². The molecule has 0 radical (unpaired) electrons. The van der Waals surface area contributed by atoms with Crippen LogP contribution in [0, 0.1) is 11.3 Å². The second-order valence-electron chi connectivity index (χ2n) is 10.5. The summed E-state index contributed by atoms with van der Waals surface area (Å²) < 4.78 is 17.5. The number of benzene rings is 2. The first-order valence-electron chi connectivity index (χ1n) is 12.5. The van der Waals surface area contributed by atoms with Gasteiger partial charge in [-0.15, -0.1) is 0 Å². The molecule has 0 saturated carbocycles. The molecule has 1 unspecified atom stereocenters. The summed E-state index contributed by atoms with van der Waals surface area (Å²) in [6, 6.07) is 12.3. The van der Waals surface area contributed by atoms with Gasteiger partial charge in [-0.2, -0.15) is 0 Å². The van der Waals surface area contributed by atoms with Crippen LogP contribution in [-0.2, 0) is 11.2 Å². The predicted molar refractivity (Wildman–Crippen MR) is 132 cm³/mol. The number of nitrogens with one attached hydrogen (secondary N) is 1. The third kappa shape index (κ3) is 4.36. The molecule has 2 atom stereocenters. The van der Waals surface area contributed by atoms with Crippen LogP contribution >= 0.6 is 0 Å². The van der Waals surface area contributed by atoms with Crippen molar-refractivity contribution >= 4 is 6.09 Å². The first-order chi connectivity index (χ1) is 16.4. The van der Waals surface area contributed by atoms with Gasteiger partial charge in [-0.05, 0) is 91.6 Å². The largest absolute Gasteiger partial charge is 0.496 e. The molecule has 2 aromatic rings. The van der Waals surface area contributed by atoms with Gasteiger partial charge in [0.15, 0.2) is 0 Å². The van der Waals surface area contributed by atoms with E-state index in [1.807, 2.05) is 19.1 Å². The van der Waals surface area contributed by atoms with E-state index in [-0.39, 0.29) is 23.7 Å². The fourth-order valence-corrected chi connectivity index (χ4v) is 6.00. The van der Waals surface area contributed by atoms with E-state index in [2.05, 4.69) is 48.3 Å². The third-order valence-electron chi connectivity index (χ3n) is 7.77. The van der Waals surface area contributed by atoms with Gasteiger partial charge >= 0.3 is 6.09 Å². The van der Waals surface area contributed by atoms with E-state index in [9.17, 15) is 4.79 Å². The van der Waals surface area contributed by atoms with Crippen molar-refractivity contribution in [1.29, 1.82) is 0 Å². The molecule has 1 aliphatic carbocycles. The lowest BCUT2D eigenvalue weighted by Crippen LogP contribution is -2.53. The normalized spacial score (nSPS) is 26.6. The molecule has 3 heterocycles. The zero-order chi connectivity index (χ0) is 23.9. The molecule has 34 heavy (non-hydrogen) atoms. The molecular weight excluding hydrogens is 428 g/mol. The molecule has 6 nitrogen and oxygen atoms in total. The van der Waals surface area contributed by atoms with Crippen molar-refractivity contribution in [1.82, 2.24) is 10.2 Å². The van der Waals surface area contributed by atoms with Gasteiger partial charge in [0.1, 0.15) is 17.6 Å². The molecule has 2 aromatic carbocycles. The van der Waals surface area contributed by atoms with Crippen molar-refractivity contribution in [3.8, 4) is 22.6 Å². The number of amides is 1. The maximum atomic E-state index is 13.0. The van der Waals surface area contributed by atoms with Crippen molar-refractivity contribution in [2.24, 2.45) is 11.3 Å². The molecule has 4 aliphatic rings. The fraction of sp³-hybridized carbons (Fsp3) is 0.536. The molecule has 3 fully saturated rings. The van der Waals surface area contributed by atoms with Crippen LogP contribution in [0.1, 0.15) is 50.8 Å². The number of methoxy groups -OCH3 is 1. The third-order valence-corrected chi connectivity index (χ3v) is 7.77. The summed E-state index contributed by atoms with van der Waals surface area (Å²) in [5.41, 5.74) is 4.30. The number of rotatable bonds is 6. The van der Waals surface area contributed by atoms with E-state index in [0.717, 1.165) is 67.1 Å². The summed E-state index contributed by atoms with van der Waals surface area (Å²) in [5, 5.41) is 3.21. The Balaban J connectivity index is 1.39. The summed E-state index contributed by atoms with van der Waals surface area (Å²) in [4.78, 5) is 15.4. The van der Waals surface area contributed by atoms with Gasteiger partial charge in [0, 0.05) is 12.1 Å². The number of nitrogens with zero attached hydrogens (tertiary/aromatic N) is 1. The van der Waals surface area contributed by atoms with Crippen molar-refractivity contribution in [2.45, 2.75) is 52.2 Å². The van der Waals surface area contributed by atoms with Crippen LogP contribution in [0.25, 0.3) is 11.1 Å². The molecule has 1 N–H and O–H groups in total. The number of piperidine rings is 3. The van der Waals surface area contributed by atoms with Gasteiger partial charge < -0.3 is 19.5 Å². The van der Waals surface area contributed by atoms with Crippen molar-refractivity contribution in [2.75, 3.05) is 33.4 Å². The molecule has 3 aliphatic heterocycles. The van der Waals surface area contributed by atoms with Crippen LogP contribution < -0.4 is 14.8 Å². The van der Waals surface area contributed by atoms with E-state index in [0.29, 0.717) is 12.5 Å². The fourth-order valence-electron chi connectivity index (χ4n) is 6.00. The minimum Gasteiger partial charge on any atom is -0.496 e. The number of carbonyl (C=O) groups is 1. The summed E-state index contributed by atoms with van der Waals surface area (Å²) in [7, 11) is 1.70. The summed E-state index contributed by atoms with van der Waals surface area (Å²) in [5.74, 6) is 2.13. The van der Waals surface area contributed by atoms with Crippen molar-refractivity contribution in [3.63, 3.8) is 0 Å². The second kappa shape index (κ2) is 9.14. The van der Waals surface area contributed by atoms with E-state index in [1.54, 1.807) is 7.11 Å². The molecule has 182 valence electrons. The minimum absolute atomic E-state index is 0.000939. The standard InChI is InChI=1S/C28H36N2O4/c1-5-33-21-8-6-7-19(13-21)22-14-20-16-28(2,3)26(23(20)15-24(22)32-4)29-27(31)34-25-17-30-11-9-18(25)10-12-30/h6-8,13-15,18,25-26H,5,9-12,16-17H2,1-4H3,(H,29,31)/t25-,26?/m0/s1. The molecule has 1 amide bonds. The number of alkyl carbamates (subject to hydrolysis) is 1. The number of hydrogen-bond acceptors (Lipinski definition) is 5. The summed E-state index contributed by atoms with van der Waals surface area (Å²) in [6.07, 6.45) is 2.81. The van der Waals surface area contributed by atoms with Crippen LogP contribution in [0.2, 0.25) is 0 Å². The highest BCUT2D eigenvalue weighted by Gasteiger charge is 2.42. The monoisotopic (exact) mass is 464 g/mol. The van der Waals surface area contributed by atoms with Gasteiger partial charge in [0.05, 0.1) is 19.8 Å². The highest BCUT2D eigenvalue weighted by molar-refractivity contribution is 5.75. The first-order valence-corrected chi connectivity index (χ1v) is 12.5. The number of fused-ring (bicyclic) bond motifs is 4. The first kappa shape index (κ1) is 23.0. The topological polar surface area (TPSA) is 60.0 Å². The van der Waals surface area contributed by atoms with Crippen molar-refractivity contribution in [3.05, 3.63) is 47.5 Å². The van der Waals surface area contributed by atoms with Crippen molar-refractivity contribution < 1.29 is 19.0 Å². The molecule has 0 aromatic heterocycles. The lowest BCUT2D eigenvalue weighted by Gasteiger charge is -2.44. The summed E-state index contributed by atoms with van der Waals surface area (Å²) >= 11 is 0. The Morgan fingerprint density at radius 3 is 2.65 bits per heavy atom. The molecule has 0 spiro atoms. The highest BCUT2D eigenvalue weighted by Crippen LogP contribution is 2.49. The Kier molecular flexibility index (Phi) is 6.19. The number of ether oxygens (including phenoxy) is 3. The minimum atomic E-state index is -0.308. The zero-order valence-corrected chi connectivity index (χ0v) is 20.7. The highest BCUT2D eigenvalue weighted by atomic mass is 16.6. The van der Waals surface area contributed by atoms with Crippen LogP contribution in [0.15, 0.2) is 36.4 Å². The van der Waals surface area contributed by atoms with E-state index in [1.165, 1.54) is 5.56 Å². The lowest BCUT2D eigenvalue weighted by molar-refractivity contribution is -0.0349. The quantitative estimate of drug-likeness (QED) is 0.636. The Morgan fingerprint density at radius 2 is 1.97 bits per heavy atom. The zero-order valence-electron chi connectivity index (χ0n) is 20.7. The molecule has 2 bridgehead atoms. The average Bonchev–Trinajstić information content (AvgIpc) is 3.07. The second-order valence-corrected chi connectivity index (χ2v) is 10.5. The Bertz CT molecular complexity index is 1060. The average molecular weight is 465 g/mol.